The van der Waals surface area contributed by atoms with Gasteiger partial charge in [0.2, 0.25) is 5.91 Å². The number of carbonyl (C=O) groups is 1. The molecule has 0 atom stereocenters. The molecule has 3 nitrogen and oxygen atoms in total. The highest BCUT2D eigenvalue weighted by molar-refractivity contribution is 6.33. The van der Waals surface area contributed by atoms with Gasteiger partial charge in [-0.3, -0.25) is 4.79 Å². The van der Waals surface area contributed by atoms with E-state index in [-0.39, 0.29) is 16.7 Å². The van der Waals surface area contributed by atoms with Crippen molar-refractivity contribution in [2.75, 3.05) is 18.9 Å². The summed E-state index contributed by atoms with van der Waals surface area (Å²) < 4.78 is 13.1. The number of aryl methyl sites for hydroxylation is 1. The standard InChI is InChI=1S/C12H16ClFN2O/c1-8-6-11(9(13)7-10(8)14)16-12(17)4-3-5-15-2/h6-7,15H,3-5H2,1-2H3,(H,16,17). The fourth-order valence-corrected chi connectivity index (χ4v) is 1.59. The van der Waals surface area contributed by atoms with Crippen LogP contribution in [0.1, 0.15) is 18.4 Å². The molecule has 0 radical (unpaired) electrons. The van der Waals surface area contributed by atoms with Crippen LogP contribution in [0.5, 0.6) is 0 Å². The van der Waals surface area contributed by atoms with Gasteiger partial charge in [-0.1, -0.05) is 11.6 Å². The molecule has 1 rings (SSSR count). The fraction of sp³-hybridized carbons (Fsp3) is 0.417. The summed E-state index contributed by atoms with van der Waals surface area (Å²) >= 11 is 5.84. The Hall–Kier alpha value is -1.13. The largest absolute Gasteiger partial charge is 0.325 e. The van der Waals surface area contributed by atoms with Crippen LogP contribution in [0.25, 0.3) is 0 Å². The average Bonchev–Trinajstić information content (AvgIpc) is 2.26. The maximum absolute atomic E-state index is 13.1. The summed E-state index contributed by atoms with van der Waals surface area (Å²) in [6.07, 6.45) is 1.16. The van der Waals surface area contributed by atoms with Crippen LogP contribution in [-0.4, -0.2) is 19.5 Å². The third-order valence-corrected chi connectivity index (χ3v) is 2.67. The van der Waals surface area contributed by atoms with Gasteiger partial charge in [0.15, 0.2) is 0 Å². The molecule has 0 fully saturated rings. The lowest BCUT2D eigenvalue weighted by Crippen LogP contribution is -2.15. The molecule has 0 saturated heterocycles. The molecule has 0 aliphatic carbocycles. The summed E-state index contributed by atoms with van der Waals surface area (Å²) in [6, 6.07) is 2.74. The number of nitrogens with one attached hydrogen (secondary N) is 2. The van der Waals surface area contributed by atoms with Crippen molar-refractivity contribution in [3.05, 3.63) is 28.5 Å². The van der Waals surface area contributed by atoms with E-state index in [1.165, 1.54) is 12.1 Å². The summed E-state index contributed by atoms with van der Waals surface area (Å²) in [5.74, 6) is -0.489. The Bertz CT molecular complexity index is 410. The van der Waals surface area contributed by atoms with Crippen molar-refractivity contribution < 1.29 is 9.18 Å². The first-order valence-electron chi connectivity index (χ1n) is 5.44. The molecule has 17 heavy (non-hydrogen) atoms. The van der Waals surface area contributed by atoms with Gasteiger partial charge in [-0.15, -0.1) is 0 Å². The maximum atomic E-state index is 13.1. The van der Waals surface area contributed by atoms with Gasteiger partial charge in [0.1, 0.15) is 5.82 Å². The minimum absolute atomic E-state index is 0.117. The van der Waals surface area contributed by atoms with Crippen molar-refractivity contribution in [3.8, 4) is 0 Å². The van der Waals surface area contributed by atoms with E-state index in [0.29, 0.717) is 17.7 Å². The van der Waals surface area contributed by atoms with Crippen molar-refractivity contribution in [2.45, 2.75) is 19.8 Å². The first-order valence-corrected chi connectivity index (χ1v) is 5.82. The second-order valence-electron chi connectivity index (χ2n) is 3.84. The second kappa shape index (κ2) is 6.57. The monoisotopic (exact) mass is 258 g/mol. The smallest absolute Gasteiger partial charge is 0.224 e. The number of halogens is 2. The maximum Gasteiger partial charge on any atom is 0.224 e. The van der Waals surface area contributed by atoms with Crippen LogP contribution >= 0.6 is 11.6 Å². The highest BCUT2D eigenvalue weighted by atomic mass is 35.5. The van der Waals surface area contributed by atoms with Crippen molar-refractivity contribution in [2.24, 2.45) is 0 Å². The van der Waals surface area contributed by atoms with Crippen LogP contribution < -0.4 is 10.6 Å². The zero-order valence-corrected chi connectivity index (χ0v) is 10.7. The first-order chi connectivity index (χ1) is 8.04. The molecule has 1 aromatic rings. The lowest BCUT2D eigenvalue weighted by Gasteiger charge is -2.08. The molecule has 1 amide bonds. The van der Waals surface area contributed by atoms with Crippen LogP contribution in [-0.2, 0) is 4.79 Å². The van der Waals surface area contributed by atoms with E-state index < -0.39 is 0 Å². The third kappa shape index (κ3) is 4.32. The van der Waals surface area contributed by atoms with Gasteiger partial charge < -0.3 is 10.6 Å². The molecule has 0 spiro atoms. The Morgan fingerprint density at radius 3 is 2.82 bits per heavy atom. The molecular weight excluding hydrogens is 243 g/mol. The number of anilines is 1. The highest BCUT2D eigenvalue weighted by Crippen LogP contribution is 2.25. The Morgan fingerprint density at radius 1 is 1.47 bits per heavy atom. The van der Waals surface area contributed by atoms with Gasteiger partial charge in [-0.05, 0) is 44.6 Å². The van der Waals surface area contributed by atoms with E-state index in [9.17, 15) is 9.18 Å². The van der Waals surface area contributed by atoms with Crippen LogP contribution in [0.3, 0.4) is 0 Å². The minimum Gasteiger partial charge on any atom is -0.325 e. The topological polar surface area (TPSA) is 41.1 Å². The van der Waals surface area contributed by atoms with E-state index in [4.69, 9.17) is 11.6 Å². The van der Waals surface area contributed by atoms with E-state index in [2.05, 4.69) is 10.6 Å². The molecule has 1 aromatic carbocycles. The fourth-order valence-electron chi connectivity index (χ4n) is 1.39. The molecule has 0 heterocycles. The molecule has 0 aromatic heterocycles. The lowest BCUT2D eigenvalue weighted by molar-refractivity contribution is -0.116. The number of hydrogen-bond donors (Lipinski definition) is 2. The molecule has 0 aliphatic rings. The van der Waals surface area contributed by atoms with E-state index in [1.54, 1.807) is 6.92 Å². The van der Waals surface area contributed by atoms with Gasteiger partial charge in [0, 0.05) is 6.42 Å². The SMILES string of the molecule is CNCCCC(=O)Nc1cc(C)c(F)cc1Cl. The van der Waals surface area contributed by atoms with Crippen molar-refractivity contribution in [1.29, 1.82) is 0 Å². The third-order valence-electron chi connectivity index (χ3n) is 2.35. The predicted molar refractivity (Wildman–Crippen MR) is 67.9 cm³/mol. The number of rotatable bonds is 5. The molecular formula is C12H16ClFN2O. The number of amides is 1. The quantitative estimate of drug-likeness (QED) is 0.798. The van der Waals surface area contributed by atoms with Gasteiger partial charge in [0.25, 0.3) is 0 Å². The molecule has 0 aliphatic heterocycles. The molecule has 5 heteroatoms. The Kier molecular flexibility index (Phi) is 5.38. The average molecular weight is 259 g/mol. The summed E-state index contributed by atoms with van der Waals surface area (Å²) in [4.78, 5) is 11.5. The lowest BCUT2D eigenvalue weighted by atomic mass is 10.2. The second-order valence-corrected chi connectivity index (χ2v) is 4.24. The molecule has 2 N–H and O–H groups in total. The zero-order valence-electron chi connectivity index (χ0n) is 9.94. The van der Waals surface area contributed by atoms with E-state index in [0.717, 1.165) is 13.0 Å². The van der Waals surface area contributed by atoms with Crippen LogP contribution in [0.2, 0.25) is 5.02 Å². The van der Waals surface area contributed by atoms with E-state index in [1.807, 2.05) is 7.05 Å². The van der Waals surface area contributed by atoms with Gasteiger partial charge in [0.05, 0.1) is 10.7 Å². The van der Waals surface area contributed by atoms with Gasteiger partial charge in [-0.2, -0.15) is 0 Å². The molecule has 94 valence electrons. The number of benzene rings is 1. The van der Waals surface area contributed by atoms with E-state index >= 15 is 0 Å². The summed E-state index contributed by atoms with van der Waals surface area (Å²) in [5, 5.41) is 5.85. The number of carbonyl (C=O) groups excluding carboxylic acids is 1. The van der Waals surface area contributed by atoms with Crippen LogP contribution in [0, 0.1) is 12.7 Å². The van der Waals surface area contributed by atoms with Crippen molar-refractivity contribution in [3.63, 3.8) is 0 Å². The molecule has 0 bridgehead atoms. The van der Waals surface area contributed by atoms with Crippen molar-refractivity contribution in [1.82, 2.24) is 5.32 Å². The summed E-state index contributed by atoms with van der Waals surface area (Å²) in [6.45, 7) is 2.41. The van der Waals surface area contributed by atoms with Crippen LogP contribution in [0.15, 0.2) is 12.1 Å². The molecule has 0 saturated carbocycles. The Balaban J connectivity index is 2.62. The predicted octanol–water partition coefficient (Wildman–Crippen LogP) is 2.73. The normalized spacial score (nSPS) is 10.4. The summed E-state index contributed by atoms with van der Waals surface area (Å²) in [7, 11) is 1.83. The van der Waals surface area contributed by atoms with Crippen LogP contribution in [0.4, 0.5) is 10.1 Å². The summed E-state index contributed by atoms with van der Waals surface area (Å²) in [5.41, 5.74) is 0.917. The Labute approximate surface area is 105 Å². The highest BCUT2D eigenvalue weighted by Gasteiger charge is 2.08. The molecule has 0 unspecified atom stereocenters. The first kappa shape index (κ1) is 13.9. The van der Waals surface area contributed by atoms with Crippen molar-refractivity contribution >= 4 is 23.2 Å². The minimum atomic E-state index is -0.372. The van der Waals surface area contributed by atoms with Gasteiger partial charge >= 0.3 is 0 Å². The Morgan fingerprint density at radius 2 is 2.18 bits per heavy atom. The van der Waals surface area contributed by atoms with Gasteiger partial charge in [-0.25, -0.2) is 4.39 Å². The number of hydrogen-bond acceptors (Lipinski definition) is 2. The zero-order chi connectivity index (χ0) is 12.8.